The molecule has 0 saturated carbocycles. The van der Waals surface area contributed by atoms with Gasteiger partial charge in [0.25, 0.3) is 0 Å². The van der Waals surface area contributed by atoms with Crippen LogP contribution in [0.15, 0.2) is 41.5 Å². The first-order valence-corrected chi connectivity index (χ1v) is 8.50. The summed E-state index contributed by atoms with van der Waals surface area (Å²) in [7, 11) is 3.49. The van der Waals surface area contributed by atoms with Crippen LogP contribution in [0.4, 0.5) is 0 Å². The standard InChI is InChI=1S/C19H29N5O.HI/c1-19(2,3)16(25-5)12-22-18(20-4)23-13-17-21-11-15(24-17)14-9-7-6-8-10-14;/h6-11,16H,12-13H2,1-5H3,(H,21,24)(H2,20,22,23);1H. The van der Waals surface area contributed by atoms with Gasteiger partial charge in [-0.1, -0.05) is 51.1 Å². The van der Waals surface area contributed by atoms with Gasteiger partial charge in [0.05, 0.1) is 24.5 Å². The molecule has 0 radical (unpaired) electrons. The number of aromatic amines is 1. The van der Waals surface area contributed by atoms with Gasteiger partial charge in [-0.15, -0.1) is 24.0 Å². The summed E-state index contributed by atoms with van der Waals surface area (Å²) in [6, 6.07) is 10.1. The zero-order chi connectivity index (χ0) is 18.3. The van der Waals surface area contributed by atoms with Crippen molar-refractivity contribution in [1.82, 2.24) is 20.6 Å². The summed E-state index contributed by atoms with van der Waals surface area (Å²) in [6.07, 6.45) is 1.95. The number of hydrogen-bond acceptors (Lipinski definition) is 3. The van der Waals surface area contributed by atoms with Crippen molar-refractivity contribution in [2.45, 2.75) is 33.4 Å². The molecule has 0 spiro atoms. The minimum absolute atomic E-state index is 0. The van der Waals surface area contributed by atoms with E-state index in [4.69, 9.17) is 4.74 Å². The predicted octanol–water partition coefficient (Wildman–Crippen LogP) is 3.42. The Balaban J connectivity index is 0.00000338. The van der Waals surface area contributed by atoms with E-state index in [9.17, 15) is 0 Å². The van der Waals surface area contributed by atoms with E-state index in [0.29, 0.717) is 13.1 Å². The fraction of sp³-hybridized carbons (Fsp3) is 0.474. The lowest BCUT2D eigenvalue weighted by molar-refractivity contribution is 0.0205. The number of imidazole rings is 1. The van der Waals surface area contributed by atoms with Crippen LogP contribution in [-0.2, 0) is 11.3 Å². The number of guanidine groups is 1. The van der Waals surface area contributed by atoms with Gasteiger partial charge in [-0.2, -0.15) is 0 Å². The van der Waals surface area contributed by atoms with Crippen molar-refractivity contribution < 1.29 is 4.74 Å². The van der Waals surface area contributed by atoms with Gasteiger partial charge in [0, 0.05) is 20.7 Å². The molecule has 2 rings (SSSR count). The average molecular weight is 471 g/mol. The summed E-state index contributed by atoms with van der Waals surface area (Å²) in [5.41, 5.74) is 2.19. The second kappa shape index (κ2) is 10.5. The van der Waals surface area contributed by atoms with Crippen LogP contribution in [0.3, 0.4) is 0 Å². The van der Waals surface area contributed by atoms with Gasteiger partial charge < -0.3 is 20.4 Å². The molecule has 1 atom stereocenters. The number of aromatic nitrogens is 2. The van der Waals surface area contributed by atoms with E-state index < -0.39 is 0 Å². The van der Waals surface area contributed by atoms with Crippen LogP contribution in [0, 0.1) is 5.41 Å². The average Bonchev–Trinajstić information content (AvgIpc) is 3.06. The molecule has 1 unspecified atom stereocenters. The number of rotatable bonds is 6. The highest BCUT2D eigenvalue weighted by atomic mass is 127. The second-order valence-electron chi connectivity index (χ2n) is 7.01. The first kappa shape index (κ1) is 22.4. The maximum Gasteiger partial charge on any atom is 0.191 e. The highest BCUT2D eigenvalue weighted by Gasteiger charge is 2.24. The van der Waals surface area contributed by atoms with Gasteiger partial charge >= 0.3 is 0 Å². The molecule has 0 saturated heterocycles. The molecule has 6 nitrogen and oxygen atoms in total. The first-order valence-electron chi connectivity index (χ1n) is 8.50. The first-order chi connectivity index (χ1) is 11.9. The van der Waals surface area contributed by atoms with Crippen molar-refractivity contribution in [2.75, 3.05) is 20.7 Å². The fourth-order valence-corrected chi connectivity index (χ4v) is 2.54. The molecular formula is C19H30IN5O. The number of H-pyrrole nitrogens is 1. The number of aliphatic imine (C=N–C) groups is 1. The molecule has 0 aliphatic rings. The predicted molar refractivity (Wildman–Crippen MR) is 118 cm³/mol. The molecule has 3 N–H and O–H groups in total. The minimum atomic E-state index is 0. The van der Waals surface area contributed by atoms with Crippen molar-refractivity contribution in [1.29, 1.82) is 0 Å². The maximum atomic E-state index is 5.56. The quantitative estimate of drug-likeness (QED) is 0.343. The van der Waals surface area contributed by atoms with Crippen LogP contribution >= 0.6 is 24.0 Å². The van der Waals surface area contributed by atoms with Crippen LogP contribution in [-0.4, -0.2) is 42.7 Å². The van der Waals surface area contributed by atoms with E-state index in [0.717, 1.165) is 23.0 Å². The third-order valence-corrected chi connectivity index (χ3v) is 4.07. The van der Waals surface area contributed by atoms with Gasteiger partial charge in [-0.25, -0.2) is 4.98 Å². The van der Waals surface area contributed by atoms with Gasteiger partial charge in [0.1, 0.15) is 5.82 Å². The van der Waals surface area contributed by atoms with Crippen molar-refractivity contribution in [3.63, 3.8) is 0 Å². The second-order valence-corrected chi connectivity index (χ2v) is 7.01. The monoisotopic (exact) mass is 471 g/mol. The number of ether oxygens (including phenoxy) is 1. The third kappa shape index (κ3) is 6.60. The summed E-state index contributed by atoms with van der Waals surface area (Å²) >= 11 is 0. The van der Waals surface area contributed by atoms with Crippen LogP contribution in [0.2, 0.25) is 0 Å². The van der Waals surface area contributed by atoms with E-state index in [-0.39, 0.29) is 35.5 Å². The largest absolute Gasteiger partial charge is 0.379 e. The highest BCUT2D eigenvalue weighted by Crippen LogP contribution is 2.21. The Morgan fingerprint density at radius 1 is 1.23 bits per heavy atom. The molecule has 0 fully saturated rings. The molecule has 0 aliphatic carbocycles. The van der Waals surface area contributed by atoms with Crippen molar-refractivity contribution >= 4 is 29.9 Å². The Labute approximate surface area is 173 Å². The summed E-state index contributed by atoms with van der Waals surface area (Å²) in [4.78, 5) is 12.0. The van der Waals surface area contributed by atoms with Crippen molar-refractivity contribution in [3.8, 4) is 11.3 Å². The van der Waals surface area contributed by atoms with Crippen molar-refractivity contribution in [2.24, 2.45) is 10.4 Å². The van der Waals surface area contributed by atoms with Crippen LogP contribution in [0.25, 0.3) is 11.3 Å². The number of nitrogens with one attached hydrogen (secondary N) is 3. The number of hydrogen-bond donors (Lipinski definition) is 3. The molecule has 1 aromatic carbocycles. The Kier molecular flexibility index (Phi) is 9.07. The molecule has 26 heavy (non-hydrogen) atoms. The van der Waals surface area contributed by atoms with Gasteiger partial charge in [0.2, 0.25) is 0 Å². The lowest BCUT2D eigenvalue weighted by atomic mass is 9.89. The lowest BCUT2D eigenvalue weighted by Crippen LogP contribution is -2.45. The van der Waals surface area contributed by atoms with Crippen molar-refractivity contribution in [3.05, 3.63) is 42.4 Å². The smallest absolute Gasteiger partial charge is 0.191 e. The van der Waals surface area contributed by atoms with E-state index in [1.807, 2.05) is 24.4 Å². The molecule has 7 heteroatoms. The SMILES string of the molecule is CN=C(NCc1ncc(-c2ccccc2)[nH]1)NCC(OC)C(C)(C)C.I. The highest BCUT2D eigenvalue weighted by molar-refractivity contribution is 14.0. The van der Waals surface area contributed by atoms with Gasteiger partial charge in [-0.3, -0.25) is 4.99 Å². The zero-order valence-corrected chi connectivity index (χ0v) is 18.5. The van der Waals surface area contributed by atoms with Crippen LogP contribution in [0.5, 0.6) is 0 Å². The minimum Gasteiger partial charge on any atom is -0.379 e. The molecular weight excluding hydrogens is 441 g/mol. The molecule has 1 aromatic heterocycles. The number of halogens is 1. The zero-order valence-electron chi connectivity index (χ0n) is 16.2. The molecule has 1 heterocycles. The topological polar surface area (TPSA) is 74.3 Å². The molecule has 2 aromatic rings. The van der Waals surface area contributed by atoms with E-state index >= 15 is 0 Å². The number of methoxy groups -OCH3 is 1. The van der Waals surface area contributed by atoms with E-state index in [1.54, 1.807) is 14.2 Å². The summed E-state index contributed by atoms with van der Waals surface area (Å²) in [5, 5.41) is 6.58. The lowest BCUT2D eigenvalue weighted by Gasteiger charge is -2.30. The van der Waals surface area contributed by atoms with Crippen LogP contribution < -0.4 is 10.6 Å². The summed E-state index contributed by atoms with van der Waals surface area (Å²) in [6.45, 7) is 7.74. The summed E-state index contributed by atoms with van der Waals surface area (Å²) < 4.78 is 5.56. The Hall–Kier alpha value is -1.61. The van der Waals surface area contributed by atoms with Gasteiger partial charge in [0.15, 0.2) is 5.96 Å². The molecule has 144 valence electrons. The number of benzene rings is 1. The number of nitrogens with zero attached hydrogens (tertiary/aromatic N) is 2. The normalized spacial score (nSPS) is 13.0. The summed E-state index contributed by atoms with van der Waals surface area (Å²) in [5.74, 6) is 1.59. The molecule has 0 bridgehead atoms. The van der Waals surface area contributed by atoms with Gasteiger partial charge in [-0.05, 0) is 11.0 Å². The fourth-order valence-electron chi connectivity index (χ4n) is 2.54. The molecule has 0 amide bonds. The Morgan fingerprint density at radius 3 is 2.50 bits per heavy atom. The van der Waals surface area contributed by atoms with Crippen LogP contribution in [0.1, 0.15) is 26.6 Å². The van der Waals surface area contributed by atoms with E-state index in [2.05, 4.69) is 58.5 Å². The third-order valence-electron chi connectivity index (χ3n) is 4.07. The Bertz CT molecular complexity index is 679. The molecule has 0 aliphatic heterocycles. The maximum absolute atomic E-state index is 5.56. The Morgan fingerprint density at radius 2 is 1.92 bits per heavy atom. The van der Waals surface area contributed by atoms with E-state index in [1.165, 1.54) is 0 Å².